The van der Waals surface area contributed by atoms with Gasteiger partial charge in [0, 0.05) is 49.5 Å². The first-order valence-corrected chi connectivity index (χ1v) is 12.1. The van der Waals surface area contributed by atoms with Crippen molar-refractivity contribution in [2.45, 2.75) is 24.8 Å². The molecule has 0 radical (unpaired) electrons. The summed E-state index contributed by atoms with van der Waals surface area (Å²) in [5.74, 6) is -1.30. The van der Waals surface area contributed by atoms with Gasteiger partial charge < -0.3 is 30.7 Å². The molecule has 35 heavy (non-hydrogen) atoms. The first-order chi connectivity index (χ1) is 16.4. The van der Waals surface area contributed by atoms with Gasteiger partial charge in [0.05, 0.1) is 0 Å². The average Bonchev–Trinajstić information content (AvgIpc) is 3.29. The molecule has 0 spiro atoms. The number of aryl methyl sites for hydroxylation is 1. The van der Waals surface area contributed by atoms with Crippen LogP contribution >= 0.6 is 11.8 Å². The van der Waals surface area contributed by atoms with E-state index in [9.17, 15) is 22.8 Å². The molecule has 1 unspecified atom stereocenters. The highest BCUT2D eigenvalue weighted by molar-refractivity contribution is 8.04. The maximum Gasteiger partial charge on any atom is 0.405 e. The van der Waals surface area contributed by atoms with E-state index in [1.165, 1.54) is 10.5 Å². The number of benzene rings is 1. The fourth-order valence-electron chi connectivity index (χ4n) is 3.87. The minimum absolute atomic E-state index is 0.174. The highest BCUT2D eigenvalue weighted by atomic mass is 32.2. The molecule has 2 aromatic rings. The highest BCUT2D eigenvalue weighted by Crippen LogP contribution is 2.36. The van der Waals surface area contributed by atoms with Gasteiger partial charge in [-0.25, -0.2) is 0 Å². The number of rotatable bonds is 9. The number of nitrogens with two attached hydrogens (primary N) is 1. The SMILES string of the molecule is CCN1C(=O)C(CNc2ccc3c(c2)c(CCN(C)C)cn3C)S/C1=C(/N)C(=O)NCC(F)(F)F. The van der Waals surface area contributed by atoms with Crippen molar-refractivity contribution < 1.29 is 22.8 Å². The fraction of sp³-hybridized carbons (Fsp3) is 0.478. The lowest BCUT2D eigenvalue weighted by molar-refractivity contribution is -0.136. The monoisotopic (exact) mass is 512 g/mol. The average molecular weight is 513 g/mol. The lowest BCUT2D eigenvalue weighted by atomic mass is 10.1. The summed E-state index contributed by atoms with van der Waals surface area (Å²) in [6, 6.07) is 6.01. The molecule has 1 saturated heterocycles. The van der Waals surface area contributed by atoms with E-state index in [1.54, 1.807) is 12.2 Å². The van der Waals surface area contributed by atoms with E-state index in [-0.39, 0.29) is 24.0 Å². The molecule has 1 aliphatic heterocycles. The number of fused-ring (bicyclic) bond motifs is 1. The summed E-state index contributed by atoms with van der Waals surface area (Å²) in [6.45, 7) is 1.66. The van der Waals surface area contributed by atoms with Gasteiger partial charge in [0.2, 0.25) is 5.91 Å². The molecule has 192 valence electrons. The van der Waals surface area contributed by atoms with Crippen LogP contribution in [-0.4, -0.2) is 77.9 Å². The largest absolute Gasteiger partial charge is 0.405 e. The van der Waals surface area contributed by atoms with E-state index in [4.69, 9.17) is 5.73 Å². The maximum atomic E-state index is 12.9. The first kappa shape index (κ1) is 26.7. The second-order valence-electron chi connectivity index (χ2n) is 8.64. The third kappa shape index (κ3) is 6.43. The van der Waals surface area contributed by atoms with Crippen molar-refractivity contribution in [3.8, 4) is 0 Å². The van der Waals surface area contributed by atoms with Gasteiger partial charge in [0.15, 0.2) is 0 Å². The number of carbonyl (C=O) groups is 2. The Morgan fingerprint density at radius 2 is 2.00 bits per heavy atom. The number of thioether (sulfide) groups is 1. The molecule has 4 N–H and O–H groups in total. The Bertz CT molecular complexity index is 1130. The van der Waals surface area contributed by atoms with Gasteiger partial charge in [-0.2, -0.15) is 13.2 Å². The summed E-state index contributed by atoms with van der Waals surface area (Å²) in [5.41, 5.74) is 8.63. The number of amides is 2. The molecule has 0 bridgehead atoms. The molecule has 0 aliphatic carbocycles. The van der Waals surface area contributed by atoms with Crippen molar-refractivity contribution in [2.75, 3.05) is 45.6 Å². The molecule has 2 amide bonds. The van der Waals surface area contributed by atoms with E-state index in [2.05, 4.69) is 27.0 Å². The van der Waals surface area contributed by atoms with Gasteiger partial charge in [0.25, 0.3) is 5.91 Å². The molecular formula is C23H31F3N6O2S. The number of nitrogens with zero attached hydrogens (tertiary/aromatic N) is 3. The number of aromatic nitrogens is 1. The van der Waals surface area contributed by atoms with Gasteiger partial charge in [0.1, 0.15) is 22.5 Å². The Hall–Kier alpha value is -2.86. The second-order valence-corrected chi connectivity index (χ2v) is 9.83. The molecule has 2 heterocycles. The van der Waals surface area contributed by atoms with Gasteiger partial charge in [-0.1, -0.05) is 11.8 Å². The van der Waals surface area contributed by atoms with Gasteiger partial charge in [-0.05, 0) is 51.2 Å². The Labute approximate surface area is 206 Å². The Kier molecular flexibility index (Phi) is 8.26. The molecule has 12 heteroatoms. The van der Waals surface area contributed by atoms with E-state index in [0.29, 0.717) is 0 Å². The lowest BCUT2D eigenvalue weighted by Crippen LogP contribution is -2.38. The van der Waals surface area contributed by atoms with E-state index < -0.39 is 29.6 Å². The van der Waals surface area contributed by atoms with Crippen LogP contribution < -0.4 is 16.4 Å². The summed E-state index contributed by atoms with van der Waals surface area (Å²) < 4.78 is 39.4. The molecule has 1 aliphatic rings. The van der Waals surface area contributed by atoms with Crippen LogP contribution in [0.15, 0.2) is 35.1 Å². The Morgan fingerprint density at radius 3 is 2.63 bits per heavy atom. The zero-order valence-electron chi connectivity index (χ0n) is 20.2. The fourth-order valence-corrected chi connectivity index (χ4v) is 5.10. The highest BCUT2D eigenvalue weighted by Gasteiger charge is 2.38. The van der Waals surface area contributed by atoms with E-state index >= 15 is 0 Å². The number of anilines is 1. The summed E-state index contributed by atoms with van der Waals surface area (Å²) in [5, 5.41) is 5.78. The van der Waals surface area contributed by atoms with E-state index in [0.717, 1.165) is 41.3 Å². The number of hydrogen-bond donors (Lipinski definition) is 3. The molecule has 3 rings (SSSR count). The Balaban J connectivity index is 1.73. The molecule has 1 aromatic carbocycles. The van der Waals surface area contributed by atoms with Crippen LogP contribution in [0, 0.1) is 0 Å². The summed E-state index contributed by atoms with van der Waals surface area (Å²) in [4.78, 5) is 28.5. The summed E-state index contributed by atoms with van der Waals surface area (Å²) >= 11 is 1.08. The van der Waals surface area contributed by atoms with Crippen molar-refractivity contribution in [1.29, 1.82) is 0 Å². The van der Waals surface area contributed by atoms with Crippen LogP contribution in [0.3, 0.4) is 0 Å². The smallest absolute Gasteiger partial charge is 0.392 e. The number of nitrogens with one attached hydrogen (secondary N) is 2. The minimum atomic E-state index is -4.55. The number of alkyl halides is 3. The topological polar surface area (TPSA) is 95.6 Å². The molecule has 0 saturated carbocycles. The predicted octanol–water partition coefficient (Wildman–Crippen LogP) is 2.46. The van der Waals surface area contributed by atoms with Crippen LogP contribution in [0.2, 0.25) is 0 Å². The van der Waals surface area contributed by atoms with Crippen LogP contribution in [0.4, 0.5) is 18.9 Å². The van der Waals surface area contributed by atoms with Gasteiger partial charge in [-0.15, -0.1) is 0 Å². The van der Waals surface area contributed by atoms with Gasteiger partial charge in [-0.3, -0.25) is 9.59 Å². The third-order valence-electron chi connectivity index (χ3n) is 5.67. The first-order valence-electron chi connectivity index (χ1n) is 11.2. The molecule has 8 nitrogen and oxygen atoms in total. The standard InChI is InChI=1S/C23H31F3N6O2S/c1-5-32-21(34)18(35-22(32)19(27)20(33)29-13-23(24,25)26)11-28-15-6-7-17-16(10-15)14(12-31(17)4)8-9-30(2)3/h6-7,10,12,18,28H,5,8-9,11,13,27H2,1-4H3,(H,29,33)/b22-19+. The lowest BCUT2D eigenvalue weighted by Gasteiger charge is -2.17. The van der Waals surface area contributed by atoms with Crippen molar-refractivity contribution in [2.24, 2.45) is 12.8 Å². The van der Waals surface area contributed by atoms with Crippen molar-refractivity contribution in [1.82, 2.24) is 19.7 Å². The van der Waals surface area contributed by atoms with Crippen LogP contribution in [0.5, 0.6) is 0 Å². The minimum Gasteiger partial charge on any atom is -0.392 e. The molecule has 1 atom stereocenters. The van der Waals surface area contributed by atoms with Crippen molar-refractivity contribution in [3.63, 3.8) is 0 Å². The second kappa shape index (κ2) is 10.8. The van der Waals surface area contributed by atoms with Crippen LogP contribution in [0.1, 0.15) is 12.5 Å². The predicted molar refractivity (Wildman–Crippen MR) is 133 cm³/mol. The van der Waals surface area contributed by atoms with Crippen molar-refractivity contribution in [3.05, 3.63) is 40.7 Å². The van der Waals surface area contributed by atoms with Crippen LogP contribution in [-0.2, 0) is 23.1 Å². The molecule has 1 fully saturated rings. The Morgan fingerprint density at radius 1 is 1.29 bits per heavy atom. The molecular weight excluding hydrogens is 481 g/mol. The maximum absolute atomic E-state index is 12.9. The number of likely N-dealkylation sites (N-methyl/N-ethyl adjacent to an activating group) is 1. The van der Waals surface area contributed by atoms with Gasteiger partial charge >= 0.3 is 6.18 Å². The summed E-state index contributed by atoms with van der Waals surface area (Å²) in [7, 11) is 6.07. The quantitative estimate of drug-likeness (QED) is 0.447. The van der Waals surface area contributed by atoms with Crippen LogP contribution in [0.25, 0.3) is 10.9 Å². The molecule has 1 aromatic heterocycles. The number of halogens is 3. The number of hydrogen-bond acceptors (Lipinski definition) is 6. The van der Waals surface area contributed by atoms with E-state index in [1.807, 2.05) is 33.3 Å². The number of carbonyl (C=O) groups excluding carboxylic acids is 2. The zero-order chi connectivity index (χ0) is 25.9. The normalized spacial score (nSPS) is 18.0. The van der Waals surface area contributed by atoms with Crippen molar-refractivity contribution >= 4 is 40.2 Å². The third-order valence-corrected chi connectivity index (χ3v) is 6.99. The summed E-state index contributed by atoms with van der Waals surface area (Å²) in [6.07, 6.45) is -1.53. The zero-order valence-corrected chi connectivity index (χ0v) is 21.0.